The van der Waals surface area contributed by atoms with E-state index in [2.05, 4.69) is 26.9 Å². The maximum absolute atomic E-state index is 13.1. The predicted molar refractivity (Wildman–Crippen MR) is 115 cm³/mol. The first-order valence-corrected chi connectivity index (χ1v) is 10.4. The Morgan fingerprint density at radius 3 is 2.32 bits per heavy atom. The van der Waals surface area contributed by atoms with Gasteiger partial charge >= 0.3 is 0 Å². The normalized spacial score (nSPS) is 16.2. The van der Waals surface area contributed by atoms with E-state index in [1.807, 2.05) is 24.3 Å². The molecular formula is C23H27FN4O3. The molecule has 1 fully saturated rings. The van der Waals surface area contributed by atoms with Gasteiger partial charge in [0.15, 0.2) is 0 Å². The van der Waals surface area contributed by atoms with Crippen molar-refractivity contribution < 1.29 is 18.3 Å². The molecular weight excluding hydrogens is 399 g/mol. The van der Waals surface area contributed by atoms with Crippen LogP contribution in [0.25, 0.3) is 11.5 Å². The minimum atomic E-state index is -0.288. The van der Waals surface area contributed by atoms with Crippen molar-refractivity contribution in [2.75, 3.05) is 46.4 Å². The van der Waals surface area contributed by atoms with Gasteiger partial charge in [-0.15, -0.1) is 10.2 Å². The van der Waals surface area contributed by atoms with Crippen LogP contribution >= 0.6 is 0 Å². The van der Waals surface area contributed by atoms with E-state index in [0.29, 0.717) is 24.0 Å². The summed E-state index contributed by atoms with van der Waals surface area (Å²) < 4.78 is 30.0. The monoisotopic (exact) mass is 426 g/mol. The zero-order valence-corrected chi connectivity index (χ0v) is 17.8. The fourth-order valence-electron chi connectivity index (χ4n) is 3.61. The second-order valence-corrected chi connectivity index (χ2v) is 7.53. The van der Waals surface area contributed by atoms with Gasteiger partial charge in [-0.05, 0) is 55.5 Å². The van der Waals surface area contributed by atoms with Crippen LogP contribution in [0, 0.1) is 5.82 Å². The van der Waals surface area contributed by atoms with Gasteiger partial charge in [0.25, 0.3) is 0 Å². The van der Waals surface area contributed by atoms with Crippen LogP contribution in [-0.2, 0) is 0 Å². The molecule has 0 unspecified atom stereocenters. The number of hydrogen-bond acceptors (Lipinski definition) is 7. The second-order valence-electron chi connectivity index (χ2n) is 7.53. The molecule has 164 valence electrons. The Labute approximate surface area is 181 Å². The number of aromatic nitrogens is 2. The summed E-state index contributed by atoms with van der Waals surface area (Å²) in [6.07, 6.45) is 0. The highest BCUT2D eigenvalue weighted by atomic mass is 19.1. The van der Waals surface area contributed by atoms with E-state index in [1.54, 1.807) is 19.2 Å². The third-order valence-electron chi connectivity index (χ3n) is 5.58. The molecule has 1 aliphatic heterocycles. The first kappa shape index (κ1) is 21.3. The SMILES string of the molecule is COc1ccc(OCCN2CCN([C@H](C)c3nnc(-c4ccc(F)cc4)o3)CC2)cc1. The highest BCUT2D eigenvalue weighted by Gasteiger charge is 2.25. The van der Waals surface area contributed by atoms with Gasteiger partial charge in [-0.25, -0.2) is 4.39 Å². The van der Waals surface area contributed by atoms with Crippen molar-refractivity contribution >= 4 is 0 Å². The first-order chi connectivity index (χ1) is 15.1. The summed E-state index contributed by atoms with van der Waals surface area (Å²) in [5, 5.41) is 8.34. The zero-order valence-electron chi connectivity index (χ0n) is 17.8. The van der Waals surface area contributed by atoms with E-state index < -0.39 is 0 Å². The summed E-state index contributed by atoms with van der Waals surface area (Å²) in [6.45, 7) is 7.33. The molecule has 3 aromatic rings. The van der Waals surface area contributed by atoms with Crippen molar-refractivity contribution in [2.24, 2.45) is 0 Å². The molecule has 0 N–H and O–H groups in total. The minimum Gasteiger partial charge on any atom is -0.497 e. The van der Waals surface area contributed by atoms with Crippen molar-refractivity contribution in [1.82, 2.24) is 20.0 Å². The standard InChI is InChI=1S/C23H27FN4O3/c1-17(22-25-26-23(31-22)18-3-5-19(24)6-4-18)28-13-11-27(12-14-28)15-16-30-21-9-7-20(29-2)8-10-21/h3-10,17H,11-16H2,1-2H3/t17-/m1/s1. The number of benzene rings is 2. The molecule has 2 aromatic carbocycles. The van der Waals surface area contributed by atoms with Crippen molar-refractivity contribution in [1.29, 1.82) is 0 Å². The van der Waals surface area contributed by atoms with Gasteiger partial charge in [-0.1, -0.05) is 0 Å². The highest BCUT2D eigenvalue weighted by molar-refractivity contribution is 5.52. The van der Waals surface area contributed by atoms with Crippen LogP contribution in [0.4, 0.5) is 4.39 Å². The van der Waals surface area contributed by atoms with Crippen LogP contribution in [0.3, 0.4) is 0 Å². The number of ether oxygens (including phenoxy) is 2. The van der Waals surface area contributed by atoms with E-state index in [0.717, 1.165) is 44.2 Å². The molecule has 2 heterocycles. The number of piperazine rings is 1. The Balaban J connectivity index is 1.23. The summed E-state index contributed by atoms with van der Waals surface area (Å²) >= 11 is 0. The molecule has 0 aliphatic carbocycles. The minimum absolute atomic E-state index is 0.0272. The average Bonchev–Trinajstić information content (AvgIpc) is 3.30. The molecule has 1 saturated heterocycles. The molecule has 31 heavy (non-hydrogen) atoms. The van der Waals surface area contributed by atoms with E-state index >= 15 is 0 Å². The molecule has 8 heteroatoms. The summed E-state index contributed by atoms with van der Waals surface area (Å²) in [5.41, 5.74) is 0.717. The van der Waals surface area contributed by atoms with E-state index in [-0.39, 0.29) is 11.9 Å². The lowest BCUT2D eigenvalue weighted by Gasteiger charge is -2.36. The highest BCUT2D eigenvalue weighted by Crippen LogP contribution is 2.25. The van der Waals surface area contributed by atoms with Gasteiger partial charge in [0, 0.05) is 38.3 Å². The van der Waals surface area contributed by atoms with Gasteiger partial charge in [0.05, 0.1) is 13.2 Å². The predicted octanol–water partition coefficient (Wildman–Crippen LogP) is 3.64. The number of rotatable bonds is 8. The molecule has 4 rings (SSSR count). The lowest BCUT2D eigenvalue weighted by Crippen LogP contribution is -2.48. The van der Waals surface area contributed by atoms with Crippen LogP contribution in [-0.4, -0.2) is 66.4 Å². The Morgan fingerprint density at radius 1 is 0.968 bits per heavy atom. The number of hydrogen-bond donors (Lipinski definition) is 0. The summed E-state index contributed by atoms with van der Waals surface area (Å²) in [7, 11) is 1.65. The van der Waals surface area contributed by atoms with Gasteiger partial charge in [-0.2, -0.15) is 0 Å². The van der Waals surface area contributed by atoms with E-state index in [1.165, 1.54) is 12.1 Å². The van der Waals surface area contributed by atoms with Crippen molar-refractivity contribution in [3.8, 4) is 23.0 Å². The Bertz CT molecular complexity index is 954. The molecule has 1 aromatic heterocycles. The summed E-state index contributed by atoms with van der Waals surface area (Å²) in [5.74, 6) is 2.38. The average molecular weight is 426 g/mol. The van der Waals surface area contributed by atoms with Crippen LogP contribution in [0.5, 0.6) is 11.5 Å². The van der Waals surface area contributed by atoms with E-state index in [4.69, 9.17) is 13.9 Å². The Hall–Kier alpha value is -2.97. The number of nitrogens with zero attached hydrogens (tertiary/aromatic N) is 4. The van der Waals surface area contributed by atoms with Crippen LogP contribution < -0.4 is 9.47 Å². The number of halogens is 1. The zero-order chi connectivity index (χ0) is 21.6. The maximum atomic E-state index is 13.1. The van der Waals surface area contributed by atoms with Crippen molar-refractivity contribution in [2.45, 2.75) is 13.0 Å². The van der Waals surface area contributed by atoms with Gasteiger partial charge in [0.2, 0.25) is 11.8 Å². The number of methoxy groups -OCH3 is 1. The fraction of sp³-hybridized carbons (Fsp3) is 0.391. The molecule has 1 atom stereocenters. The molecule has 0 amide bonds. The van der Waals surface area contributed by atoms with Gasteiger partial charge < -0.3 is 13.9 Å². The summed E-state index contributed by atoms with van der Waals surface area (Å²) in [4.78, 5) is 4.73. The van der Waals surface area contributed by atoms with E-state index in [9.17, 15) is 4.39 Å². The molecule has 0 radical (unpaired) electrons. The quantitative estimate of drug-likeness (QED) is 0.545. The third kappa shape index (κ3) is 5.39. The van der Waals surface area contributed by atoms with Crippen molar-refractivity contribution in [3.05, 3.63) is 60.2 Å². The molecule has 0 saturated carbocycles. The van der Waals surface area contributed by atoms with Crippen molar-refractivity contribution in [3.63, 3.8) is 0 Å². The summed E-state index contributed by atoms with van der Waals surface area (Å²) in [6, 6.07) is 13.7. The smallest absolute Gasteiger partial charge is 0.247 e. The topological polar surface area (TPSA) is 63.9 Å². The maximum Gasteiger partial charge on any atom is 0.247 e. The molecule has 0 spiro atoms. The largest absolute Gasteiger partial charge is 0.497 e. The fourth-order valence-corrected chi connectivity index (χ4v) is 3.61. The first-order valence-electron chi connectivity index (χ1n) is 10.4. The lowest BCUT2D eigenvalue weighted by atomic mass is 10.2. The van der Waals surface area contributed by atoms with Gasteiger partial charge in [0.1, 0.15) is 23.9 Å². The molecule has 7 nitrogen and oxygen atoms in total. The third-order valence-corrected chi connectivity index (χ3v) is 5.58. The molecule has 0 bridgehead atoms. The Morgan fingerprint density at radius 2 is 1.65 bits per heavy atom. The Kier molecular flexibility index (Phi) is 6.79. The molecule has 1 aliphatic rings. The van der Waals surface area contributed by atoms with Crippen LogP contribution in [0.15, 0.2) is 52.9 Å². The second kappa shape index (κ2) is 9.89. The van der Waals surface area contributed by atoms with Gasteiger partial charge in [-0.3, -0.25) is 9.80 Å². The van der Waals surface area contributed by atoms with Crippen LogP contribution in [0.2, 0.25) is 0 Å². The lowest BCUT2D eigenvalue weighted by molar-refractivity contribution is 0.0827. The van der Waals surface area contributed by atoms with Crippen LogP contribution in [0.1, 0.15) is 18.9 Å².